The molecule has 0 nitrogen and oxygen atoms in total. The molecule has 0 amide bonds. The number of rotatable bonds is 9. The van der Waals surface area contributed by atoms with Crippen molar-refractivity contribution >= 4 is 81.1 Å². The summed E-state index contributed by atoms with van der Waals surface area (Å²) in [5, 5.41) is 0. The molecule has 0 aromatic carbocycles. The fraction of sp³-hybridized carbons (Fsp3) is 1.00. The number of halogens is 1. The van der Waals surface area contributed by atoms with Gasteiger partial charge in [0, 0.05) is 0 Å². The third kappa shape index (κ3) is 9.66. The molecule has 0 aliphatic rings. The van der Waals surface area contributed by atoms with Crippen LogP contribution in [0, 0.1) is 0 Å². The molecule has 0 saturated carbocycles. The standard InChI is InChI=1S/3C7H19Si2.ClH.Sb/c3*1-8(2,3)7-9(4,5)6;;/h3*7H,1-6H3;1H;. The molecule has 0 radical (unpaired) electrons. The van der Waals surface area contributed by atoms with Crippen molar-refractivity contribution in [1.29, 1.82) is 0 Å². The van der Waals surface area contributed by atoms with Gasteiger partial charge in [-0.2, -0.15) is 0 Å². The summed E-state index contributed by atoms with van der Waals surface area (Å²) in [5.41, 5.74) is 0. The molecule has 0 aromatic heterocycles. The van der Waals surface area contributed by atoms with Crippen LogP contribution in [0.15, 0.2) is 0 Å². The molecule has 0 heterocycles. The summed E-state index contributed by atoms with van der Waals surface area (Å²) < 4.78 is 3.69. The third-order valence-corrected chi connectivity index (χ3v) is 88.1. The first-order valence-electron chi connectivity index (χ1n) is 11.5. The van der Waals surface area contributed by atoms with Crippen molar-refractivity contribution in [3.8, 4) is 0 Å². The van der Waals surface area contributed by atoms with Gasteiger partial charge in [-0.15, -0.1) is 12.4 Å². The van der Waals surface area contributed by atoms with Crippen LogP contribution in [-0.2, 0) is 0 Å². The molecule has 8 heteroatoms. The average Bonchev–Trinajstić information content (AvgIpc) is 2.13. The van der Waals surface area contributed by atoms with Crippen molar-refractivity contribution in [3.05, 3.63) is 0 Å². The fourth-order valence-electron chi connectivity index (χ4n) is 7.03. The largest absolute Gasteiger partial charge is 0.147 e. The van der Waals surface area contributed by atoms with Gasteiger partial charge in [0.2, 0.25) is 0 Å². The van der Waals surface area contributed by atoms with E-state index in [9.17, 15) is 0 Å². The van der Waals surface area contributed by atoms with Crippen LogP contribution in [0.4, 0.5) is 0 Å². The Labute approximate surface area is 206 Å². The Hall–Kier alpha value is 2.41. The minimum absolute atomic E-state index is 0. The minimum Gasteiger partial charge on any atom is -0.147 e. The Kier molecular flexibility index (Phi) is 12.0. The maximum absolute atomic E-state index is 2.77. The predicted octanol–water partition coefficient (Wildman–Crippen LogP) is 9.28. The average molecular weight is 636 g/mol. The van der Waals surface area contributed by atoms with E-state index in [1.54, 1.807) is 0 Å². The molecule has 0 fully saturated rings. The van der Waals surface area contributed by atoms with Gasteiger partial charge in [0.1, 0.15) is 0 Å². The molecule has 29 heavy (non-hydrogen) atoms. The van der Waals surface area contributed by atoms with Crippen LogP contribution in [0.3, 0.4) is 0 Å². The van der Waals surface area contributed by atoms with Gasteiger partial charge in [-0.3, -0.25) is 0 Å². The van der Waals surface area contributed by atoms with Gasteiger partial charge in [-0.25, -0.2) is 0 Å². The minimum atomic E-state index is -1.59. The first-order chi connectivity index (χ1) is 11.7. The molecule has 0 atom stereocenters. The molecule has 0 spiro atoms. The normalized spacial score (nSPS) is 15.5. The molecule has 0 saturated heterocycles. The van der Waals surface area contributed by atoms with E-state index in [1.807, 2.05) is 0 Å². The molecule has 0 aromatic rings. The smallest absolute Gasteiger partial charge is 0.147 e. The Morgan fingerprint density at radius 2 is 0.414 bits per heavy atom. The Bertz CT molecular complexity index is 394. The third-order valence-electron chi connectivity index (χ3n) is 5.82. The van der Waals surface area contributed by atoms with Crippen molar-refractivity contribution in [3.63, 3.8) is 0 Å². The molecule has 0 unspecified atom stereocenters. The summed E-state index contributed by atoms with van der Waals surface area (Å²) in [7, 11) is -7.16. The van der Waals surface area contributed by atoms with Crippen LogP contribution in [0.2, 0.25) is 127 Å². The molecule has 0 N–H and O–H groups in total. The Balaban J connectivity index is 0. The summed E-state index contributed by atoms with van der Waals surface area (Å²) >= 11 is -1.59. The molecule has 0 aliphatic heterocycles. The van der Waals surface area contributed by atoms with Crippen LogP contribution in [0.1, 0.15) is 0 Å². The summed E-state index contributed by atoms with van der Waals surface area (Å²) in [6.07, 6.45) is 0. The van der Waals surface area contributed by atoms with Gasteiger partial charge >= 0.3 is 196 Å². The maximum Gasteiger partial charge on any atom is -0.147 e. The van der Waals surface area contributed by atoms with Gasteiger partial charge in [-0.1, -0.05) is 0 Å². The first-order valence-corrected chi connectivity index (χ1v) is 37.4. The first kappa shape index (κ1) is 33.6. The number of hydrogen-bond acceptors (Lipinski definition) is 0. The zero-order valence-electron chi connectivity index (χ0n) is 23.6. The van der Waals surface area contributed by atoms with Crippen molar-refractivity contribution in [2.24, 2.45) is 0 Å². The summed E-state index contributed by atoms with van der Waals surface area (Å²) in [4.78, 5) is 0. The zero-order valence-corrected chi connectivity index (χ0v) is 33.0. The Morgan fingerprint density at radius 1 is 0.310 bits per heavy atom. The fourth-order valence-corrected chi connectivity index (χ4v) is 116. The van der Waals surface area contributed by atoms with Crippen LogP contribution >= 0.6 is 12.4 Å². The molecular formula is C21H58ClSbSi6. The van der Waals surface area contributed by atoms with Gasteiger partial charge in [0.15, 0.2) is 0 Å². The topological polar surface area (TPSA) is 0 Å². The second-order valence-corrected chi connectivity index (χ2v) is 65.1. The molecule has 0 aliphatic carbocycles. The summed E-state index contributed by atoms with van der Waals surface area (Å²) in [5.74, 6) is 0. The second kappa shape index (κ2) is 10.4. The van der Waals surface area contributed by atoms with E-state index in [0.717, 1.165) is 0 Å². The van der Waals surface area contributed by atoms with E-state index in [1.165, 1.54) is 9.33 Å². The van der Waals surface area contributed by atoms with E-state index in [-0.39, 0.29) is 12.4 Å². The van der Waals surface area contributed by atoms with Gasteiger partial charge in [0.05, 0.1) is 0 Å². The monoisotopic (exact) mass is 634 g/mol. The molecule has 0 rings (SSSR count). The SMILES string of the molecule is C[Si](C)(C)[CH]([Sb]([CH]([Si](C)(C)C)[Si](C)(C)C)[CH]([Si](C)(C)C)[Si](C)(C)C)[Si](C)(C)C.Cl. The zero-order chi connectivity index (χ0) is 23.3. The van der Waals surface area contributed by atoms with Crippen LogP contribution in [0.5, 0.6) is 0 Å². The van der Waals surface area contributed by atoms with Crippen molar-refractivity contribution in [1.82, 2.24) is 0 Å². The quantitative estimate of drug-likeness (QED) is 0.222. The Morgan fingerprint density at radius 3 is 0.483 bits per heavy atom. The summed E-state index contributed by atoms with van der Waals surface area (Å²) in [6.45, 7) is 49.8. The van der Waals surface area contributed by atoms with Gasteiger partial charge in [-0.05, 0) is 0 Å². The predicted molar refractivity (Wildman–Crippen MR) is 164 cm³/mol. The van der Waals surface area contributed by atoms with E-state index >= 15 is 0 Å². The van der Waals surface area contributed by atoms with Crippen LogP contribution in [0.25, 0.3) is 0 Å². The van der Waals surface area contributed by atoms with Crippen LogP contribution in [-0.4, -0.2) is 68.7 Å². The van der Waals surface area contributed by atoms with Crippen molar-refractivity contribution in [2.75, 3.05) is 0 Å². The molecular weight excluding hydrogens is 578 g/mol. The number of hydrogen-bond donors (Lipinski definition) is 0. The van der Waals surface area contributed by atoms with Gasteiger partial charge < -0.3 is 0 Å². The van der Waals surface area contributed by atoms with Crippen molar-refractivity contribution < 1.29 is 0 Å². The van der Waals surface area contributed by atoms with Gasteiger partial charge in [0.25, 0.3) is 0 Å². The van der Waals surface area contributed by atoms with E-state index in [4.69, 9.17) is 0 Å². The molecule has 178 valence electrons. The van der Waals surface area contributed by atoms with Crippen LogP contribution < -0.4 is 0 Å². The molecule has 0 bridgehead atoms. The van der Waals surface area contributed by atoms with E-state index < -0.39 is 68.7 Å². The second-order valence-electron chi connectivity index (χ2n) is 15.9. The van der Waals surface area contributed by atoms with Crippen molar-refractivity contribution in [2.45, 2.75) is 127 Å². The summed E-state index contributed by atoms with van der Waals surface area (Å²) in [6, 6.07) is 0. The van der Waals surface area contributed by atoms with E-state index in [0.29, 0.717) is 0 Å². The van der Waals surface area contributed by atoms with E-state index in [2.05, 4.69) is 118 Å². The maximum atomic E-state index is 2.77.